The first-order chi connectivity index (χ1) is 7.76. The fourth-order valence-electron chi connectivity index (χ4n) is 2.04. The fourth-order valence-corrected chi connectivity index (χ4v) is 2.04. The lowest BCUT2D eigenvalue weighted by molar-refractivity contribution is -0.117. The first-order valence-corrected chi connectivity index (χ1v) is 5.45. The highest BCUT2D eigenvalue weighted by Gasteiger charge is 2.29. The zero-order valence-corrected chi connectivity index (χ0v) is 10.5. The van der Waals surface area contributed by atoms with E-state index in [1.807, 2.05) is 18.2 Å². The van der Waals surface area contributed by atoms with Gasteiger partial charge in [0.1, 0.15) is 5.75 Å². The highest BCUT2D eigenvalue weighted by molar-refractivity contribution is 6.03. The van der Waals surface area contributed by atoms with Crippen molar-refractivity contribution in [2.75, 3.05) is 19.0 Å². The van der Waals surface area contributed by atoms with E-state index in [2.05, 4.69) is 5.32 Å². The van der Waals surface area contributed by atoms with Crippen LogP contribution in [0, 0.1) is 0 Å². The normalized spacial score (nSPS) is 17.1. The van der Waals surface area contributed by atoms with Gasteiger partial charge in [0.05, 0.1) is 13.0 Å². The number of nitrogens with one attached hydrogen (secondary N) is 1. The second-order valence-electron chi connectivity index (χ2n) is 3.93. The van der Waals surface area contributed by atoms with Crippen LogP contribution in [0.25, 0.3) is 0 Å². The van der Waals surface area contributed by atoms with Crippen molar-refractivity contribution in [3.8, 4) is 5.75 Å². The number of anilines is 1. The Morgan fingerprint density at radius 2 is 2.24 bits per heavy atom. The number of methoxy groups -OCH3 is 1. The van der Waals surface area contributed by atoms with Crippen LogP contribution in [0.15, 0.2) is 18.2 Å². The standard InChI is InChI=1S/C12H16N2O2.ClH/c1-16-8-4-5-9-10(3-2-6-13)12(15)14-11(9)7-8;/h4-5,7,10H,2-3,6,13H2,1H3,(H,14,15);1H. The summed E-state index contributed by atoms with van der Waals surface area (Å²) in [5, 5.41) is 2.87. The SMILES string of the molecule is COc1ccc2c(c1)NC(=O)C2CCCN.Cl. The van der Waals surface area contributed by atoms with E-state index in [9.17, 15) is 4.79 Å². The minimum absolute atomic E-state index is 0. The van der Waals surface area contributed by atoms with Crippen molar-refractivity contribution in [3.63, 3.8) is 0 Å². The Bertz CT molecular complexity index is 409. The van der Waals surface area contributed by atoms with Crippen LogP contribution in [0.1, 0.15) is 24.3 Å². The number of hydrogen-bond acceptors (Lipinski definition) is 3. The number of hydrogen-bond donors (Lipinski definition) is 2. The Kier molecular flexibility index (Phi) is 4.78. The molecule has 2 rings (SSSR count). The van der Waals surface area contributed by atoms with Gasteiger partial charge < -0.3 is 15.8 Å². The summed E-state index contributed by atoms with van der Waals surface area (Å²) in [6, 6.07) is 5.69. The Morgan fingerprint density at radius 3 is 2.88 bits per heavy atom. The van der Waals surface area contributed by atoms with E-state index in [0.29, 0.717) is 6.54 Å². The number of carbonyl (C=O) groups is 1. The summed E-state index contributed by atoms with van der Waals surface area (Å²) in [4.78, 5) is 11.7. The average Bonchev–Trinajstić information content (AvgIpc) is 2.61. The van der Waals surface area contributed by atoms with Crippen molar-refractivity contribution in [1.29, 1.82) is 0 Å². The van der Waals surface area contributed by atoms with Gasteiger partial charge in [-0.25, -0.2) is 0 Å². The lowest BCUT2D eigenvalue weighted by Crippen LogP contribution is -2.13. The van der Waals surface area contributed by atoms with Gasteiger partial charge in [-0.3, -0.25) is 4.79 Å². The number of nitrogens with two attached hydrogens (primary N) is 1. The molecule has 0 aliphatic carbocycles. The fraction of sp³-hybridized carbons (Fsp3) is 0.417. The van der Waals surface area contributed by atoms with Crippen LogP contribution in [0.5, 0.6) is 5.75 Å². The molecule has 1 aromatic rings. The summed E-state index contributed by atoms with van der Waals surface area (Å²) >= 11 is 0. The quantitative estimate of drug-likeness (QED) is 0.865. The topological polar surface area (TPSA) is 64.3 Å². The molecule has 0 fully saturated rings. The summed E-state index contributed by atoms with van der Waals surface area (Å²) in [6.45, 7) is 0.620. The molecule has 1 aliphatic rings. The highest BCUT2D eigenvalue weighted by Crippen LogP contribution is 2.37. The van der Waals surface area contributed by atoms with E-state index in [1.165, 1.54) is 0 Å². The van der Waals surface area contributed by atoms with Gasteiger partial charge in [-0.1, -0.05) is 6.07 Å². The molecule has 4 nitrogen and oxygen atoms in total. The van der Waals surface area contributed by atoms with E-state index < -0.39 is 0 Å². The number of ether oxygens (including phenoxy) is 1. The second-order valence-corrected chi connectivity index (χ2v) is 3.93. The molecule has 0 spiro atoms. The number of amides is 1. The maximum atomic E-state index is 11.7. The number of fused-ring (bicyclic) bond motifs is 1. The molecule has 1 unspecified atom stereocenters. The number of halogens is 1. The van der Waals surface area contributed by atoms with E-state index >= 15 is 0 Å². The first-order valence-electron chi connectivity index (χ1n) is 5.45. The van der Waals surface area contributed by atoms with Gasteiger partial charge in [-0.2, -0.15) is 0 Å². The summed E-state index contributed by atoms with van der Waals surface area (Å²) in [5.41, 5.74) is 7.39. The predicted octanol–water partition coefficient (Wildman–Crippen LogP) is 1.89. The van der Waals surface area contributed by atoms with Crippen molar-refractivity contribution in [2.24, 2.45) is 5.73 Å². The van der Waals surface area contributed by atoms with Crippen molar-refractivity contribution in [3.05, 3.63) is 23.8 Å². The van der Waals surface area contributed by atoms with Gasteiger partial charge in [0.25, 0.3) is 0 Å². The molecule has 5 heteroatoms. The molecule has 1 heterocycles. The highest BCUT2D eigenvalue weighted by atomic mass is 35.5. The first kappa shape index (κ1) is 13.8. The third kappa shape index (κ3) is 2.70. The summed E-state index contributed by atoms with van der Waals surface area (Å²) in [6.07, 6.45) is 1.67. The van der Waals surface area contributed by atoms with E-state index in [-0.39, 0.29) is 24.2 Å². The van der Waals surface area contributed by atoms with Crippen molar-refractivity contribution < 1.29 is 9.53 Å². The largest absolute Gasteiger partial charge is 0.497 e. The third-order valence-electron chi connectivity index (χ3n) is 2.91. The summed E-state index contributed by atoms with van der Waals surface area (Å²) in [5.74, 6) is 0.777. The van der Waals surface area contributed by atoms with Crippen LogP contribution in [-0.2, 0) is 4.79 Å². The smallest absolute Gasteiger partial charge is 0.232 e. The van der Waals surface area contributed by atoms with Gasteiger partial charge in [-0.05, 0) is 31.0 Å². The second kappa shape index (κ2) is 5.89. The molecule has 0 saturated heterocycles. The van der Waals surface area contributed by atoms with Crippen LogP contribution in [0.3, 0.4) is 0 Å². The minimum Gasteiger partial charge on any atom is -0.497 e. The number of benzene rings is 1. The third-order valence-corrected chi connectivity index (χ3v) is 2.91. The zero-order valence-electron chi connectivity index (χ0n) is 9.73. The monoisotopic (exact) mass is 256 g/mol. The Balaban J connectivity index is 0.00000144. The summed E-state index contributed by atoms with van der Waals surface area (Å²) in [7, 11) is 1.62. The molecule has 0 radical (unpaired) electrons. The maximum Gasteiger partial charge on any atom is 0.232 e. The Morgan fingerprint density at radius 1 is 1.47 bits per heavy atom. The molecule has 3 N–H and O–H groups in total. The molecule has 1 atom stereocenters. The van der Waals surface area contributed by atoms with Crippen LogP contribution in [0.2, 0.25) is 0 Å². The molecule has 17 heavy (non-hydrogen) atoms. The van der Waals surface area contributed by atoms with Gasteiger partial charge in [0, 0.05) is 11.8 Å². The van der Waals surface area contributed by atoms with Crippen molar-refractivity contribution in [2.45, 2.75) is 18.8 Å². The molecule has 0 bridgehead atoms. The molecular formula is C12H17ClN2O2. The minimum atomic E-state index is -0.0514. The van der Waals surface area contributed by atoms with E-state index in [4.69, 9.17) is 10.5 Å². The van der Waals surface area contributed by atoms with E-state index in [1.54, 1.807) is 7.11 Å². The van der Waals surface area contributed by atoms with Gasteiger partial charge in [0.15, 0.2) is 0 Å². The predicted molar refractivity (Wildman–Crippen MR) is 69.9 cm³/mol. The van der Waals surface area contributed by atoms with Crippen LogP contribution in [-0.4, -0.2) is 19.6 Å². The number of carbonyl (C=O) groups excluding carboxylic acids is 1. The Hall–Kier alpha value is -1.26. The molecule has 0 saturated carbocycles. The lowest BCUT2D eigenvalue weighted by atomic mass is 9.96. The maximum absolute atomic E-state index is 11.7. The molecule has 1 amide bonds. The van der Waals surface area contributed by atoms with Crippen LogP contribution >= 0.6 is 12.4 Å². The van der Waals surface area contributed by atoms with Gasteiger partial charge >= 0.3 is 0 Å². The zero-order chi connectivity index (χ0) is 11.5. The Labute approximate surface area is 107 Å². The molecular weight excluding hydrogens is 240 g/mol. The van der Waals surface area contributed by atoms with Crippen LogP contribution < -0.4 is 15.8 Å². The van der Waals surface area contributed by atoms with E-state index in [0.717, 1.165) is 29.8 Å². The van der Waals surface area contributed by atoms with Gasteiger partial charge in [0.2, 0.25) is 5.91 Å². The molecule has 1 aliphatic heterocycles. The van der Waals surface area contributed by atoms with Gasteiger partial charge in [-0.15, -0.1) is 12.4 Å². The lowest BCUT2D eigenvalue weighted by Gasteiger charge is -2.07. The molecule has 0 aromatic heterocycles. The number of rotatable bonds is 4. The molecule has 1 aromatic carbocycles. The van der Waals surface area contributed by atoms with Crippen molar-refractivity contribution in [1.82, 2.24) is 0 Å². The molecule has 94 valence electrons. The van der Waals surface area contributed by atoms with Crippen molar-refractivity contribution >= 4 is 24.0 Å². The van der Waals surface area contributed by atoms with Crippen LogP contribution in [0.4, 0.5) is 5.69 Å². The summed E-state index contributed by atoms with van der Waals surface area (Å²) < 4.78 is 5.12. The average molecular weight is 257 g/mol.